The lowest BCUT2D eigenvalue weighted by atomic mass is 9.91. The fraction of sp³-hybridized carbons (Fsp3) is 0. The van der Waals surface area contributed by atoms with Gasteiger partial charge >= 0.3 is 0 Å². The van der Waals surface area contributed by atoms with E-state index in [1.807, 2.05) is 30.3 Å². The molecular formula is C12H8BN. The van der Waals surface area contributed by atoms with Crippen LogP contribution in [0.5, 0.6) is 0 Å². The molecule has 1 N–H and O–H groups in total. The quantitative estimate of drug-likeness (QED) is 0.506. The van der Waals surface area contributed by atoms with Crippen molar-refractivity contribution in [2.45, 2.75) is 0 Å². The molecule has 0 fully saturated rings. The Labute approximate surface area is 83.2 Å². The number of hydrogen-bond donors (Lipinski definition) is 1. The predicted molar refractivity (Wildman–Crippen MR) is 61.2 cm³/mol. The van der Waals surface area contributed by atoms with Crippen molar-refractivity contribution in [3.8, 4) is 0 Å². The number of aromatic nitrogens is 1. The van der Waals surface area contributed by atoms with Crippen LogP contribution in [0.25, 0.3) is 21.8 Å². The topological polar surface area (TPSA) is 15.8 Å². The Morgan fingerprint density at radius 1 is 0.857 bits per heavy atom. The van der Waals surface area contributed by atoms with Gasteiger partial charge in [-0.3, -0.25) is 0 Å². The second-order valence-corrected chi connectivity index (χ2v) is 3.44. The van der Waals surface area contributed by atoms with Crippen molar-refractivity contribution in [2.24, 2.45) is 0 Å². The smallest absolute Gasteiger partial charge is 0.114 e. The summed E-state index contributed by atoms with van der Waals surface area (Å²) < 4.78 is 0. The lowest BCUT2D eigenvalue weighted by Gasteiger charge is -1.95. The summed E-state index contributed by atoms with van der Waals surface area (Å²) in [6.45, 7) is 0. The zero-order valence-electron chi connectivity index (χ0n) is 7.62. The highest BCUT2D eigenvalue weighted by Crippen LogP contribution is 2.22. The van der Waals surface area contributed by atoms with Crippen molar-refractivity contribution in [3.63, 3.8) is 0 Å². The van der Waals surface area contributed by atoms with Gasteiger partial charge in [0.1, 0.15) is 7.85 Å². The van der Waals surface area contributed by atoms with Gasteiger partial charge < -0.3 is 4.98 Å². The minimum atomic E-state index is 0.833. The highest BCUT2D eigenvalue weighted by Gasteiger charge is 2.03. The van der Waals surface area contributed by atoms with Gasteiger partial charge in [-0.25, -0.2) is 0 Å². The molecule has 0 aliphatic carbocycles. The first-order valence-corrected chi connectivity index (χ1v) is 4.61. The Kier molecular flexibility index (Phi) is 1.45. The number of aromatic amines is 1. The predicted octanol–water partition coefficient (Wildman–Crippen LogP) is 2.11. The average Bonchev–Trinajstić information content (AvgIpc) is 2.57. The third-order valence-electron chi connectivity index (χ3n) is 2.56. The molecule has 0 aliphatic heterocycles. The summed E-state index contributed by atoms with van der Waals surface area (Å²) in [5.74, 6) is 0. The van der Waals surface area contributed by atoms with Crippen molar-refractivity contribution in [2.75, 3.05) is 0 Å². The van der Waals surface area contributed by atoms with Crippen molar-refractivity contribution in [3.05, 3.63) is 42.5 Å². The second kappa shape index (κ2) is 2.64. The summed E-state index contributed by atoms with van der Waals surface area (Å²) >= 11 is 0. The summed E-state index contributed by atoms with van der Waals surface area (Å²) in [7, 11) is 5.95. The zero-order valence-corrected chi connectivity index (χ0v) is 7.62. The van der Waals surface area contributed by atoms with Crippen LogP contribution in [0.2, 0.25) is 0 Å². The molecule has 0 aliphatic rings. The number of rotatable bonds is 0. The molecule has 64 valence electrons. The Morgan fingerprint density at radius 3 is 2.57 bits per heavy atom. The number of hydrogen-bond acceptors (Lipinski definition) is 0. The average molecular weight is 177 g/mol. The third kappa shape index (κ3) is 0.910. The van der Waals surface area contributed by atoms with Crippen molar-refractivity contribution in [1.82, 2.24) is 4.98 Å². The maximum Gasteiger partial charge on any atom is 0.114 e. The van der Waals surface area contributed by atoms with Gasteiger partial charge in [-0.05, 0) is 12.1 Å². The molecule has 14 heavy (non-hydrogen) atoms. The Balaban J connectivity index is 2.65. The van der Waals surface area contributed by atoms with E-state index in [1.165, 1.54) is 5.39 Å². The number of nitrogens with one attached hydrogen (secondary N) is 1. The van der Waals surface area contributed by atoms with Gasteiger partial charge in [-0.15, -0.1) is 0 Å². The van der Waals surface area contributed by atoms with E-state index in [4.69, 9.17) is 7.85 Å². The molecule has 0 amide bonds. The highest BCUT2D eigenvalue weighted by molar-refractivity contribution is 6.41. The van der Waals surface area contributed by atoms with Crippen LogP contribution in [-0.2, 0) is 0 Å². The molecule has 1 heterocycles. The molecule has 1 nitrogen and oxygen atoms in total. The van der Waals surface area contributed by atoms with E-state index in [0.717, 1.165) is 21.9 Å². The minimum Gasteiger partial charge on any atom is -0.355 e. The maximum atomic E-state index is 5.95. The van der Waals surface area contributed by atoms with E-state index >= 15 is 0 Å². The van der Waals surface area contributed by atoms with Crippen LogP contribution < -0.4 is 5.46 Å². The summed E-state index contributed by atoms with van der Waals surface area (Å²) in [6.07, 6.45) is 0. The van der Waals surface area contributed by atoms with E-state index in [1.54, 1.807) is 0 Å². The monoisotopic (exact) mass is 177 g/mol. The molecule has 0 unspecified atom stereocenters. The molecule has 3 aromatic rings. The van der Waals surface area contributed by atoms with Crippen LogP contribution in [0.15, 0.2) is 42.5 Å². The Bertz CT molecular complexity index is 610. The molecule has 0 atom stereocenters. The second-order valence-electron chi connectivity index (χ2n) is 3.44. The van der Waals surface area contributed by atoms with Gasteiger partial charge in [0, 0.05) is 21.8 Å². The Hall–Kier alpha value is -1.70. The van der Waals surface area contributed by atoms with E-state index in [0.29, 0.717) is 0 Å². The summed E-state index contributed by atoms with van der Waals surface area (Å²) in [5.41, 5.74) is 3.08. The van der Waals surface area contributed by atoms with Gasteiger partial charge in [0.05, 0.1) is 0 Å². The van der Waals surface area contributed by atoms with Crippen molar-refractivity contribution in [1.29, 1.82) is 0 Å². The number of fused-ring (bicyclic) bond motifs is 3. The van der Waals surface area contributed by atoms with Gasteiger partial charge in [0.15, 0.2) is 0 Å². The SMILES string of the molecule is [B]c1cccc2[nH]c3ccccc3c12. The normalized spacial score (nSPS) is 11.1. The lowest BCUT2D eigenvalue weighted by Crippen LogP contribution is -2.01. The molecule has 2 aromatic carbocycles. The molecule has 1 aromatic heterocycles. The van der Waals surface area contributed by atoms with Crippen LogP contribution in [0.3, 0.4) is 0 Å². The van der Waals surface area contributed by atoms with Crippen LogP contribution in [0.1, 0.15) is 0 Å². The van der Waals surface area contributed by atoms with E-state index in [9.17, 15) is 0 Å². The summed E-state index contributed by atoms with van der Waals surface area (Å²) in [5, 5.41) is 2.32. The van der Waals surface area contributed by atoms with Crippen LogP contribution >= 0.6 is 0 Å². The number of para-hydroxylation sites is 1. The number of H-pyrrole nitrogens is 1. The molecule has 0 saturated heterocycles. The van der Waals surface area contributed by atoms with Gasteiger partial charge in [-0.1, -0.05) is 35.8 Å². The fourth-order valence-corrected chi connectivity index (χ4v) is 1.93. The lowest BCUT2D eigenvalue weighted by molar-refractivity contribution is 1.55. The first-order chi connectivity index (χ1) is 6.86. The zero-order chi connectivity index (χ0) is 9.54. The molecule has 0 saturated carbocycles. The van der Waals surface area contributed by atoms with E-state index < -0.39 is 0 Å². The van der Waals surface area contributed by atoms with Gasteiger partial charge in [0.25, 0.3) is 0 Å². The summed E-state index contributed by atoms with van der Waals surface area (Å²) in [4.78, 5) is 3.34. The molecule has 0 spiro atoms. The van der Waals surface area contributed by atoms with Crippen LogP contribution in [0.4, 0.5) is 0 Å². The van der Waals surface area contributed by atoms with Crippen LogP contribution in [-0.4, -0.2) is 12.8 Å². The highest BCUT2D eigenvalue weighted by atomic mass is 14.7. The molecular weight excluding hydrogens is 169 g/mol. The largest absolute Gasteiger partial charge is 0.355 e. The van der Waals surface area contributed by atoms with Gasteiger partial charge in [-0.2, -0.15) is 0 Å². The van der Waals surface area contributed by atoms with Crippen molar-refractivity contribution >= 4 is 35.1 Å². The third-order valence-corrected chi connectivity index (χ3v) is 2.56. The molecule has 3 rings (SSSR count). The van der Waals surface area contributed by atoms with Crippen molar-refractivity contribution < 1.29 is 0 Å². The van der Waals surface area contributed by atoms with E-state index in [-0.39, 0.29) is 0 Å². The standard InChI is InChI=1S/C12H8BN/c13-9-5-3-7-11-12(9)8-4-1-2-6-10(8)14-11/h1-7,14H. The minimum absolute atomic E-state index is 0.833. The first-order valence-electron chi connectivity index (χ1n) is 4.61. The maximum absolute atomic E-state index is 5.95. The van der Waals surface area contributed by atoms with E-state index in [2.05, 4.69) is 17.1 Å². The molecule has 0 bridgehead atoms. The molecule has 2 radical (unpaired) electrons. The van der Waals surface area contributed by atoms with Crippen LogP contribution in [0, 0.1) is 0 Å². The van der Waals surface area contributed by atoms with Gasteiger partial charge in [0.2, 0.25) is 0 Å². The Morgan fingerprint density at radius 2 is 1.64 bits per heavy atom. The first kappa shape index (κ1) is 7.68. The molecule has 2 heteroatoms. The fourth-order valence-electron chi connectivity index (χ4n) is 1.93. The number of benzene rings is 2. The summed E-state index contributed by atoms with van der Waals surface area (Å²) in [6, 6.07) is 14.1.